The van der Waals surface area contributed by atoms with Crippen molar-refractivity contribution in [3.8, 4) is 40.6 Å². The summed E-state index contributed by atoms with van der Waals surface area (Å²) >= 11 is 0. The number of rotatable bonds is 18. The molecule has 420 valence electrons. The van der Waals surface area contributed by atoms with Crippen LogP contribution < -0.4 is 64.2 Å². The first kappa shape index (κ1) is 60.6. The van der Waals surface area contributed by atoms with E-state index in [1.165, 1.54) is 15.8 Å². The number of hydrogen-bond donors (Lipinski definition) is 1. The first-order chi connectivity index (χ1) is 38.9. The van der Waals surface area contributed by atoms with Crippen LogP contribution in [-0.4, -0.2) is 191 Å². The Morgan fingerprint density at radius 2 is 1.09 bits per heavy atom. The van der Waals surface area contributed by atoms with Crippen LogP contribution in [0.2, 0.25) is 51.4 Å². The van der Waals surface area contributed by atoms with E-state index in [1.54, 1.807) is 12.7 Å². The van der Waals surface area contributed by atoms with Crippen LogP contribution in [-0.2, 0) is 34.0 Å². The number of carbonyl (C=O) groups is 2. The minimum atomic E-state index is -2.93. The van der Waals surface area contributed by atoms with Crippen LogP contribution in [0.4, 0.5) is 9.59 Å². The minimum absolute atomic E-state index is 0. The van der Waals surface area contributed by atoms with E-state index in [4.69, 9.17) is 23.8 Å². The van der Waals surface area contributed by atoms with E-state index >= 15 is 0 Å². The summed E-state index contributed by atoms with van der Waals surface area (Å²) in [5, 5.41) is 58.4. The molecule has 0 atom stereocenters. The summed E-state index contributed by atoms with van der Waals surface area (Å²) in [6, 6.07) is 11.6. The number of carboxylic acid groups (broad SMARTS) is 2. The van der Waals surface area contributed by atoms with Gasteiger partial charge in [0.1, 0.15) is 43.5 Å². The molecule has 2 saturated carbocycles. The first-order valence-electron chi connectivity index (χ1n) is 28.6. The Morgan fingerprint density at radius 3 is 1.43 bits per heavy atom. The van der Waals surface area contributed by atoms with Crippen LogP contribution in [0.15, 0.2) is 62.0 Å². The number of nitrogens with zero attached hydrogens (tertiary/aromatic N) is 17. The maximum atomic E-state index is 11.2. The van der Waals surface area contributed by atoms with Gasteiger partial charge in [0.05, 0.1) is 67.6 Å². The molecule has 6 aromatic rings. The van der Waals surface area contributed by atoms with Crippen molar-refractivity contribution in [3.63, 3.8) is 0 Å². The van der Waals surface area contributed by atoms with E-state index in [0.29, 0.717) is 77.7 Å². The average molecular weight is 1160 g/mol. The maximum absolute atomic E-state index is 11.2. The fourth-order valence-electron chi connectivity index (χ4n) is 11.0. The van der Waals surface area contributed by atoms with Gasteiger partial charge in [0.15, 0.2) is 0 Å². The SMILES string of the molecule is C[Si](C)(C)CCOCn1ccc2c(-c3cnn(C4(CC#N)CC(N5CCN(C(=O)O)CC5)C4)c3)ncnc21.C[Si](C)(C)CCOCn1ccc2c(-c3cnn(C4(CC#N)CC(N5CCN(C(=O)[O-])CC5)C4)c3)ncnc21.[2H][B-]([2H])([2H])C#N.[Na+].[Na+]. The second-order valence-electron chi connectivity index (χ2n) is 23.5. The Balaban J connectivity index is 0.000000240. The third-order valence-electron chi connectivity index (χ3n) is 15.7. The molecule has 0 unspecified atom stereocenters. The fourth-order valence-corrected chi connectivity index (χ4v) is 12.5. The number of nitriles is 3. The molecule has 28 heteroatoms. The van der Waals surface area contributed by atoms with Gasteiger partial charge in [-0.25, -0.2) is 28.7 Å². The number of fused-ring (bicyclic) bond motifs is 2. The molecule has 0 aromatic carbocycles. The molecule has 2 saturated heterocycles. The number of ether oxygens (including phenoxy) is 2. The number of carbonyl (C=O) groups excluding carboxylic acids is 1. The molecule has 4 aliphatic rings. The number of aromatic nitrogens is 10. The fraction of sp³-hybridized carbons (Fsp3) is 0.566. The van der Waals surface area contributed by atoms with Gasteiger partial charge in [-0.3, -0.25) is 24.4 Å². The van der Waals surface area contributed by atoms with Gasteiger partial charge in [0, 0.05) is 140 Å². The van der Waals surface area contributed by atoms with Gasteiger partial charge in [-0.15, -0.1) is 0 Å². The Bertz CT molecular complexity index is 3100. The predicted octanol–water partition coefficient (Wildman–Crippen LogP) is -1.15. The smallest absolute Gasteiger partial charge is 0.530 e. The molecule has 1 N–H and O–H groups in total. The van der Waals surface area contributed by atoms with Crippen LogP contribution >= 0.6 is 0 Å². The molecular weight excluding hydrogens is 1080 g/mol. The Hall–Kier alpha value is -4.99. The zero-order chi connectivity index (χ0) is 59.0. The Labute approximate surface area is 525 Å². The van der Waals surface area contributed by atoms with Crippen LogP contribution in [0, 0.1) is 33.9 Å². The molecule has 0 bridgehead atoms. The molecule has 6 aromatic heterocycles. The van der Waals surface area contributed by atoms with Crippen molar-refractivity contribution in [2.45, 2.75) is 127 Å². The van der Waals surface area contributed by atoms with E-state index < -0.39 is 36.1 Å². The number of piperazine rings is 2. The normalized spacial score (nSPS) is 21.8. The third kappa shape index (κ3) is 15.8. The number of amides is 2. The average Bonchev–Trinajstić information content (AvgIpc) is 1.61. The summed E-state index contributed by atoms with van der Waals surface area (Å²) in [6.07, 6.45) is 16.8. The molecule has 0 radical (unpaired) electrons. The van der Waals surface area contributed by atoms with Gasteiger partial charge >= 0.3 is 65.2 Å². The molecule has 23 nitrogen and oxygen atoms in total. The van der Waals surface area contributed by atoms with Crippen molar-refractivity contribution in [1.29, 1.82) is 19.8 Å². The van der Waals surface area contributed by atoms with Crippen LogP contribution in [0.1, 0.15) is 38.5 Å². The summed E-state index contributed by atoms with van der Waals surface area (Å²) < 4.78 is 38.4. The second kappa shape index (κ2) is 28.5. The predicted molar refractivity (Wildman–Crippen MR) is 303 cm³/mol. The van der Waals surface area contributed by atoms with E-state index in [9.17, 15) is 30.3 Å². The summed E-state index contributed by atoms with van der Waals surface area (Å²) in [4.78, 5) is 48.0. The van der Waals surface area contributed by atoms with Gasteiger partial charge < -0.3 is 43.4 Å². The minimum Gasteiger partial charge on any atom is -0.530 e. The van der Waals surface area contributed by atoms with Crippen LogP contribution in [0.5, 0.6) is 0 Å². The zero-order valence-electron chi connectivity index (χ0n) is 51.2. The van der Waals surface area contributed by atoms with Gasteiger partial charge in [-0.2, -0.15) is 26.7 Å². The van der Waals surface area contributed by atoms with Crippen molar-refractivity contribution in [1.82, 2.24) is 68.2 Å². The van der Waals surface area contributed by atoms with Crippen molar-refractivity contribution in [2.24, 2.45) is 0 Å². The van der Waals surface area contributed by atoms with Crippen LogP contribution in [0.25, 0.3) is 44.6 Å². The monoisotopic (exact) mass is 1160 g/mol. The first-order valence-corrected chi connectivity index (χ1v) is 34.3. The molecule has 81 heavy (non-hydrogen) atoms. The van der Waals surface area contributed by atoms with Crippen LogP contribution in [0.3, 0.4) is 0 Å². The summed E-state index contributed by atoms with van der Waals surface area (Å²) in [5.74, 6) is 1.17. The van der Waals surface area contributed by atoms with Crippen molar-refractivity contribution < 1.29 is 88.4 Å². The molecular formula is C53H74BN17Na2O6Si2. The van der Waals surface area contributed by atoms with Gasteiger partial charge in [0.25, 0.3) is 0 Å². The van der Waals surface area contributed by atoms with Gasteiger partial charge in [0.2, 0.25) is 0 Å². The Kier molecular flexibility index (Phi) is 21.3. The van der Waals surface area contributed by atoms with Crippen molar-refractivity contribution >= 4 is 58.1 Å². The largest absolute Gasteiger partial charge is 1.00 e. The van der Waals surface area contributed by atoms with E-state index in [1.807, 2.05) is 67.8 Å². The van der Waals surface area contributed by atoms with Gasteiger partial charge in [-0.1, -0.05) is 39.3 Å². The quantitative estimate of drug-likeness (QED) is 0.0786. The molecule has 0 spiro atoms. The molecule has 2 amide bonds. The topological polar surface area (TPSA) is 277 Å². The van der Waals surface area contributed by atoms with E-state index in [-0.39, 0.29) is 70.2 Å². The molecule has 4 fully saturated rings. The van der Waals surface area contributed by atoms with Crippen molar-refractivity contribution in [2.75, 3.05) is 65.6 Å². The van der Waals surface area contributed by atoms with E-state index in [2.05, 4.69) is 86.3 Å². The third-order valence-corrected chi connectivity index (χ3v) is 19.1. The number of hydrogen-bond acceptors (Lipinski definition) is 16. The molecule has 10 rings (SSSR count). The Morgan fingerprint density at radius 1 is 0.691 bits per heavy atom. The van der Waals surface area contributed by atoms with E-state index in [0.717, 1.165) is 109 Å². The molecule has 2 aliphatic heterocycles. The molecule has 8 heterocycles. The standard InChI is InChI=1S/2C26H36N8O3Si.CH3BN.2Na/c2*1-38(2,3)13-12-37-19-33-7-4-22-23(28-18-29-24(22)33)20-16-30-34(17-20)26(5-6-27)14-21(15-26)31-8-10-32(11-9-31)25(35)36;2-1-3;;/h2*4,7,16-18,21H,5,8-15,19H2,1-3H3,(H,35,36);2H3;;/q;;-1;2*+1/p-1/i;;2D3;;. The summed E-state index contributed by atoms with van der Waals surface area (Å²) in [7, 11) is -5.21. The second-order valence-corrected chi connectivity index (χ2v) is 34.7. The van der Waals surface area contributed by atoms with Gasteiger partial charge in [-0.05, 0) is 49.9 Å². The zero-order valence-corrected chi connectivity index (χ0v) is 54.2. The summed E-state index contributed by atoms with van der Waals surface area (Å²) in [6.45, 7) is 21.2. The summed E-state index contributed by atoms with van der Waals surface area (Å²) in [5.41, 5.74) is 4.32. The van der Waals surface area contributed by atoms with Crippen molar-refractivity contribution in [3.05, 3.63) is 62.0 Å². The maximum Gasteiger partial charge on any atom is 1.00 e. The molecule has 2 aliphatic carbocycles.